The maximum atomic E-state index is 12.1. The molecule has 26 heavy (non-hydrogen) atoms. The molecule has 7 heteroatoms. The van der Waals surface area contributed by atoms with Gasteiger partial charge in [0, 0.05) is 18.7 Å². The summed E-state index contributed by atoms with van der Waals surface area (Å²) < 4.78 is 30.6. The molecular formula is C19H24N2O4S. The van der Waals surface area contributed by atoms with Crippen molar-refractivity contribution in [2.45, 2.75) is 19.8 Å². The second-order valence-corrected chi connectivity index (χ2v) is 7.91. The predicted molar refractivity (Wildman–Crippen MR) is 104 cm³/mol. The highest BCUT2D eigenvalue weighted by Crippen LogP contribution is 2.22. The molecule has 1 N–H and O–H groups in total. The minimum absolute atomic E-state index is 0.137. The van der Waals surface area contributed by atoms with Crippen LogP contribution >= 0.6 is 0 Å². The Labute approximate surface area is 154 Å². The van der Waals surface area contributed by atoms with E-state index in [4.69, 9.17) is 4.74 Å². The number of rotatable bonds is 8. The molecule has 0 radical (unpaired) electrons. The van der Waals surface area contributed by atoms with Crippen LogP contribution < -0.4 is 14.4 Å². The van der Waals surface area contributed by atoms with Crippen molar-refractivity contribution in [1.82, 2.24) is 0 Å². The Kier molecular flexibility index (Phi) is 6.63. The van der Waals surface area contributed by atoms with E-state index in [-0.39, 0.29) is 18.9 Å². The minimum atomic E-state index is -3.44. The molecule has 0 aliphatic rings. The summed E-state index contributed by atoms with van der Waals surface area (Å²) in [6, 6.07) is 14.3. The zero-order chi connectivity index (χ0) is 19.2. The van der Waals surface area contributed by atoms with E-state index in [1.165, 1.54) is 4.31 Å². The molecule has 140 valence electrons. The number of nitrogens with one attached hydrogen (secondary N) is 1. The van der Waals surface area contributed by atoms with Crippen molar-refractivity contribution in [3.05, 3.63) is 54.1 Å². The van der Waals surface area contributed by atoms with Gasteiger partial charge in [-0.1, -0.05) is 18.2 Å². The number of ether oxygens (including phenoxy) is 1. The molecule has 2 aromatic carbocycles. The normalized spacial score (nSPS) is 11.0. The van der Waals surface area contributed by atoms with E-state index in [9.17, 15) is 13.2 Å². The van der Waals surface area contributed by atoms with E-state index in [0.29, 0.717) is 17.9 Å². The fraction of sp³-hybridized carbons (Fsp3) is 0.316. The molecule has 0 saturated carbocycles. The number of carbonyl (C=O) groups is 1. The second-order valence-electron chi connectivity index (χ2n) is 6.00. The second kappa shape index (κ2) is 8.71. The summed E-state index contributed by atoms with van der Waals surface area (Å²) in [6.45, 7) is 2.15. The van der Waals surface area contributed by atoms with Crippen molar-refractivity contribution in [3.8, 4) is 5.75 Å². The average molecular weight is 376 g/mol. The molecule has 0 spiro atoms. The number of sulfonamides is 1. The Morgan fingerprint density at radius 2 is 1.77 bits per heavy atom. The van der Waals surface area contributed by atoms with Crippen LogP contribution in [0.4, 0.5) is 11.4 Å². The van der Waals surface area contributed by atoms with E-state index < -0.39 is 10.0 Å². The van der Waals surface area contributed by atoms with Gasteiger partial charge in [-0.25, -0.2) is 8.42 Å². The smallest absolute Gasteiger partial charge is 0.232 e. The van der Waals surface area contributed by atoms with Gasteiger partial charge in [-0.2, -0.15) is 0 Å². The van der Waals surface area contributed by atoms with Crippen LogP contribution in [0.15, 0.2) is 48.5 Å². The van der Waals surface area contributed by atoms with Gasteiger partial charge in [0.1, 0.15) is 5.75 Å². The molecule has 0 bridgehead atoms. The molecule has 0 heterocycles. The summed E-state index contributed by atoms with van der Waals surface area (Å²) in [7, 11) is -1.89. The first kappa shape index (κ1) is 19.8. The number of carbonyl (C=O) groups excluding carboxylic acids is 1. The van der Waals surface area contributed by atoms with Crippen molar-refractivity contribution in [1.29, 1.82) is 0 Å². The number of hydrogen-bond donors (Lipinski definition) is 1. The lowest BCUT2D eigenvalue weighted by molar-refractivity contribution is -0.116. The molecule has 0 fully saturated rings. The summed E-state index contributed by atoms with van der Waals surface area (Å²) in [5, 5.41) is 2.85. The fourth-order valence-electron chi connectivity index (χ4n) is 2.54. The zero-order valence-electron chi connectivity index (χ0n) is 15.2. The van der Waals surface area contributed by atoms with Crippen LogP contribution in [-0.4, -0.2) is 34.2 Å². The first-order valence-electron chi connectivity index (χ1n) is 8.28. The third-order valence-corrected chi connectivity index (χ3v) is 5.14. The van der Waals surface area contributed by atoms with Crippen LogP contribution in [0.2, 0.25) is 0 Å². The standard InChI is InChI=1S/C19H24N2O4S/c1-15-7-4-5-8-18(15)20-19(22)9-6-14-21(26(3,23)24)16-10-12-17(25-2)13-11-16/h4-5,7-8,10-13H,6,9,14H2,1-3H3,(H,20,22). The summed E-state index contributed by atoms with van der Waals surface area (Å²) in [6.07, 6.45) is 1.80. The molecule has 0 aliphatic carbocycles. The quantitative estimate of drug-likeness (QED) is 0.768. The highest BCUT2D eigenvalue weighted by atomic mass is 32.2. The number of benzene rings is 2. The van der Waals surface area contributed by atoms with Crippen LogP contribution in [-0.2, 0) is 14.8 Å². The van der Waals surface area contributed by atoms with Crippen molar-refractivity contribution in [2.24, 2.45) is 0 Å². The van der Waals surface area contributed by atoms with Gasteiger partial charge >= 0.3 is 0 Å². The van der Waals surface area contributed by atoms with E-state index >= 15 is 0 Å². The summed E-state index contributed by atoms with van der Waals surface area (Å²) >= 11 is 0. The van der Waals surface area contributed by atoms with Crippen LogP contribution in [0, 0.1) is 6.92 Å². The van der Waals surface area contributed by atoms with Gasteiger partial charge in [-0.15, -0.1) is 0 Å². The Balaban J connectivity index is 1.97. The molecule has 1 amide bonds. The number of nitrogens with zero attached hydrogens (tertiary/aromatic N) is 1. The van der Waals surface area contributed by atoms with Crippen molar-refractivity contribution >= 4 is 27.3 Å². The zero-order valence-corrected chi connectivity index (χ0v) is 16.0. The van der Waals surface area contributed by atoms with Crippen LogP contribution in [0.5, 0.6) is 5.75 Å². The molecule has 6 nitrogen and oxygen atoms in total. The molecule has 0 saturated heterocycles. The van der Waals surface area contributed by atoms with Gasteiger partial charge in [0.15, 0.2) is 0 Å². The van der Waals surface area contributed by atoms with Crippen molar-refractivity contribution < 1.29 is 17.9 Å². The van der Waals surface area contributed by atoms with E-state index in [2.05, 4.69) is 5.32 Å². The molecule has 2 aromatic rings. The molecule has 0 unspecified atom stereocenters. The Morgan fingerprint density at radius 1 is 1.12 bits per heavy atom. The summed E-state index contributed by atoms with van der Waals surface area (Å²) in [4.78, 5) is 12.1. The van der Waals surface area contributed by atoms with Gasteiger partial charge < -0.3 is 10.1 Å². The van der Waals surface area contributed by atoms with Crippen LogP contribution in [0.1, 0.15) is 18.4 Å². The van der Waals surface area contributed by atoms with E-state index in [0.717, 1.165) is 17.5 Å². The van der Waals surface area contributed by atoms with Gasteiger partial charge in [-0.3, -0.25) is 9.10 Å². The van der Waals surface area contributed by atoms with Crippen LogP contribution in [0.25, 0.3) is 0 Å². The monoisotopic (exact) mass is 376 g/mol. The maximum absolute atomic E-state index is 12.1. The molecule has 0 aliphatic heterocycles. The molecule has 0 atom stereocenters. The number of aryl methyl sites for hydroxylation is 1. The maximum Gasteiger partial charge on any atom is 0.232 e. The summed E-state index contributed by atoms with van der Waals surface area (Å²) in [5.74, 6) is 0.516. The highest BCUT2D eigenvalue weighted by Gasteiger charge is 2.17. The van der Waals surface area contributed by atoms with Crippen LogP contribution in [0.3, 0.4) is 0 Å². The van der Waals surface area contributed by atoms with Gasteiger partial charge in [0.25, 0.3) is 0 Å². The SMILES string of the molecule is COc1ccc(N(CCCC(=O)Nc2ccccc2C)S(C)(=O)=O)cc1. The lowest BCUT2D eigenvalue weighted by Crippen LogP contribution is -2.31. The van der Waals surface area contributed by atoms with Gasteiger partial charge in [0.05, 0.1) is 19.1 Å². The molecule has 0 aromatic heterocycles. The summed E-state index contributed by atoms with van der Waals surface area (Å²) in [5.41, 5.74) is 2.30. The average Bonchev–Trinajstić information content (AvgIpc) is 2.60. The number of para-hydroxylation sites is 1. The number of hydrogen-bond acceptors (Lipinski definition) is 4. The predicted octanol–water partition coefficient (Wildman–Crippen LogP) is 3.19. The lowest BCUT2D eigenvalue weighted by Gasteiger charge is -2.22. The molecule has 2 rings (SSSR count). The van der Waals surface area contributed by atoms with Crippen molar-refractivity contribution in [2.75, 3.05) is 29.5 Å². The van der Waals surface area contributed by atoms with Gasteiger partial charge in [0.2, 0.25) is 15.9 Å². The highest BCUT2D eigenvalue weighted by molar-refractivity contribution is 7.92. The fourth-order valence-corrected chi connectivity index (χ4v) is 3.51. The Bertz CT molecular complexity index is 848. The number of methoxy groups -OCH3 is 1. The van der Waals surface area contributed by atoms with Gasteiger partial charge in [-0.05, 0) is 49.2 Å². The third-order valence-electron chi connectivity index (χ3n) is 3.94. The topological polar surface area (TPSA) is 75.7 Å². The number of anilines is 2. The largest absolute Gasteiger partial charge is 0.497 e. The first-order chi connectivity index (χ1) is 12.3. The lowest BCUT2D eigenvalue weighted by atomic mass is 10.2. The Morgan fingerprint density at radius 3 is 2.35 bits per heavy atom. The number of amides is 1. The Hall–Kier alpha value is -2.54. The van der Waals surface area contributed by atoms with Crippen molar-refractivity contribution in [3.63, 3.8) is 0 Å². The van der Waals surface area contributed by atoms with E-state index in [1.54, 1.807) is 31.4 Å². The minimum Gasteiger partial charge on any atom is -0.497 e. The first-order valence-corrected chi connectivity index (χ1v) is 10.1. The third kappa shape index (κ3) is 5.49. The van der Waals surface area contributed by atoms with E-state index in [1.807, 2.05) is 31.2 Å². The molecular weight excluding hydrogens is 352 g/mol.